The van der Waals surface area contributed by atoms with Crippen LogP contribution in [0, 0.1) is 0 Å². The first-order valence-corrected chi connectivity index (χ1v) is 9.78. The van der Waals surface area contributed by atoms with Gasteiger partial charge in [-0.25, -0.2) is 9.97 Å². The summed E-state index contributed by atoms with van der Waals surface area (Å²) in [5, 5.41) is 11.0. The van der Waals surface area contributed by atoms with E-state index in [-0.39, 0.29) is 5.91 Å². The van der Waals surface area contributed by atoms with E-state index in [1.807, 2.05) is 29.6 Å². The zero-order chi connectivity index (χ0) is 17.1. The molecule has 6 nitrogen and oxygen atoms in total. The molecular weight excluding hydrogens is 354 g/mol. The lowest BCUT2D eigenvalue weighted by atomic mass is 10.3. The maximum absolute atomic E-state index is 12.6. The van der Waals surface area contributed by atoms with E-state index in [0.717, 1.165) is 47.6 Å². The van der Waals surface area contributed by atoms with Gasteiger partial charge in [0.2, 0.25) is 0 Å². The first kappa shape index (κ1) is 16.2. The van der Waals surface area contributed by atoms with Crippen LogP contribution in [0.1, 0.15) is 10.5 Å². The molecule has 8 heteroatoms. The summed E-state index contributed by atoms with van der Waals surface area (Å²) in [6, 6.07) is 7.71. The van der Waals surface area contributed by atoms with Crippen LogP contribution in [0.5, 0.6) is 0 Å². The molecule has 3 aromatic rings. The average Bonchev–Trinajstić information content (AvgIpc) is 3.34. The molecule has 25 heavy (non-hydrogen) atoms. The molecule has 1 fully saturated rings. The van der Waals surface area contributed by atoms with E-state index < -0.39 is 0 Å². The fourth-order valence-electron chi connectivity index (χ4n) is 2.70. The van der Waals surface area contributed by atoms with Gasteiger partial charge in [0.05, 0.1) is 10.6 Å². The number of pyridine rings is 1. The zero-order valence-corrected chi connectivity index (χ0v) is 15.1. The third-order valence-electron chi connectivity index (χ3n) is 3.92. The average molecular weight is 371 g/mol. The van der Waals surface area contributed by atoms with Crippen LogP contribution in [0.15, 0.2) is 41.2 Å². The molecule has 128 valence electrons. The van der Waals surface area contributed by atoms with Gasteiger partial charge >= 0.3 is 0 Å². The van der Waals surface area contributed by atoms with Crippen LogP contribution in [0.4, 0.5) is 11.5 Å². The Morgan fingerprint density at radius 2 is 2.08 bits per heavy atom. The minimum absolute atomic E-state index is 0.205. The predicted octanol–water partition coefficient (Wildman–Crippen LogP) is 2.93. The van der Waals surface area contributed by atoms with Gasteiger partial charge in [-0.2, -0.15) is 0 Å². The van der Waals surface area contributed by atoms with Gasteiger partial charge in [-0.15, -0.1) is 22.7 Å². The van der Waals surface area contributed by atoms with Crippen LogP contribution in [0.2, 0.25) is 0 Å². The lowest BCUT2D eigenvalue weighted by Crippen LogP contribution is -2.44. The summed E-state index contributed by atoms with van der Waals surface area (Å²) in [5.41, 5.74) is 1.16. The highest BCUT2D eigenvalue weighted by molar-refractivity contribution is 7.20. The quantitative estimate of drug-likeness (QED) is 0.738. The number of carbonyl (C=O) groups excluding carboxylic acids is 1. The molecule has 1 amide bonds. The number of thiazole rings is 1. The number of thiophene rings is 1. The van der Waals surface area contributed by atoms with Crippen LogP contribution >= 0.6 is 22.7 Å². The van der Waals surface area contributed by atoms with Gasteiger partial charge in [0.15, 0.2) is 5.82 Å². The molecule has 0 bridgehead atoms. The molecule has 4 rings (SSSR count). The number of anilines is 2. The summed E-state index contributed by atoms with van der Waals surface area (Å²) in [4.78, 5) is 24.8. The Hall–Kier alpha value is -2.29. The van der Waals surface area contributed by atoms with Crippen molar-refractivity contribution in [2.75, 3.05) is 36.4 Å². The molecular formula is C17H17N5OS2. The number of carbonyl (C=O) groups is 1. The van der Waals surface area contributed by atoms with Crippen LogP contribution in [-0.2, 0) is 0 Å². The van der Waals surface area contributed by atoms with Crippen molar-refractivity contribution in [2.24, 2.45) is 0 Å². The van der Waals surface area contributed by atoms with E-state index in [1.54, 1.807) is 22.9 Å². The number of nitrogens with one attached hydrogen (secondary N) is 2. The SMILES string of the molecule is O=C(Nc1cccnc1N1CCNCC1)c1csc(-c2cccs2)n1. The number of hydrogen-bond acceptors (Lipinski definition) is 7. The minimum Gasteiger partial charge on any atom is -0.352 e. The van der Waals surface area contributed by atoms with Gasteiger partial charge in [-0.05, 0) is 23.6 Å². The Morgan fingerprint density at radius 3 is 2.88 bits per heavy atom. The van der Waals surface area contributed by atoms with E-state index in [9.17, 15) is 4.79 Å². The van der Waals surface area contributed by atoms with E-state index in [2.05, 4.69) is 25.5 Å². The maximum Gasteiger partial charge on any atom is 0.275 e. The van der Waals surface area contributed by atoms with Crippen LogP contribution in [0.25, 0.3) is 9.88 Å². The van der Waals surface area contributed by atoms with Crippen molar-refractivity contribution in [3.63, 3.8) is 0 Å². The molecule has 0 saturated carbocycles. The second-order valence-corrected chi connectivity index (χ2v) is 7.39. The molecule has 0 spiro atoms. The highest BCUT2D eigenvalue weighted by atomic mass is 32.1. The standard InChI is InChI=1S/C17H17N5OS2/c23-16(13-11-25-17(21-13)14-4-2-10-24-14)20-12-3-1-5-19-15(12)22-8-6-18-7-9-22/h1-5,10-11,18H,6-9H2,(H,20,23). The first-order chi connectivity index (χ1) is 12.3. The highest BCUT2D eigenvalue weighted by Crippen LogP contribution is 2.29. The van der Waals surface area contributed by atoms with E-state index >= 15 is 0 Å². The molecule has 1 aliphatic rings. The van der Waals surface area contributed by atoms with Gasteiger partial charge in [0.1, 0.15) is 10.7 Å². The van der Waals surface area contributed by atoms with Gasteiger partial charge in [0.25, 0.3) is 5.91 Å². The van der Waals surface area contributed by atoms with Crippen molar-refractivity contribution >= 4 is 40.1 Å². The number of amides is 1. The van der Waals surface area contributed by atoms with E-state index in [0.29, 0.717) is 5.69 Å². The van der Waals surface area contributed by atoms with Gasteiger partial charge in [-0.1, -0.05) is 6.07 Å². The Morgan fingerprint density at radius 1 is 1.20 bits per heavy atom. The molecule has 4 heterocycles. The van der Waals surface area contributed by atoms with Crippen molar-refractivity contribution in [2.45, 2.75) is 0 Å². The summed E-state index contributed by atoms with van der Waals surface area (Å²) in [5.74, 6) is 0.606. The molecule has 1 aliphatic heterocycles. The van der Waals surface area contributed by atoms with Crippen molar-refractivity contribution < 1.29 is 4.79 Å². The second-order valence-electron chi connectivity index (χ2n) is 5.58. The number of aromatic nitrogens is 2. The first-order valence-electron chi connectivity index (χ1n) is 8.03. The number of nitrogens with zero attached hydrogens (tertiary/aromatic N) is 3. The van der Waals surface area contributed by atoms with Crippen LogP contribution in [-0.4, -0.2) is 42.1 Å². The summed E-state index contributed by atoms with van der Waals surface area (Å²) >= 11 is 3.10. The topological polar surface area (TPSA) is 70.2 Å². The summed E-state index contributed by atoms with van der Waals surface area (Å²) in [6.45, 7) is 3.58. The maximum atomic E-state index is 12.6. The number of rotatable bonds is 4. The van der Waals surface area contributed by atoms with Gasteiger partial charge in [-0.3, -0.25) is 4.79 Å². The number of hydrogen-bond donors (Lipinski definition) is 2. The molecule has 0 radical (unpaired) electrons. The fraction of sp³-hybridized carbons (Fsp3) is 0.235. The summed E-state index contributed by atoms with van der Waals surface area (Å²) in [6.07, 6.45) is 1.75. The highest BCUT2D eigenvalue weighted by Gasteiger charge is 2.18. The summed E-state index contributed by atoms with van der Waals surface area (Å²) in [7, 11) is 0. The third-order valence-corrected chi connectivity index (χ3v) is 5.80. The van der Waals surface area contributed by atoms with E-state index in [1.165, 1.54) is 11.3 Å². The van der Waals surface area contributed by atoms with E-state index in [4.69, 9.17) is 0 Å². The summed E-state index contributed by atoms with van der Waals surface area (Å²) < 4.78 is 0. The molecule has 3 aromatic heterocycles. The Labute approximate surface area is 153 Å². The van der Waals surface area contributed by atoms with Crippen molar-refractivity contribution in [1.29, 1.82) is 0 Å². The third kappa shape index (κ3) is 3.55. The lowest BCUT2D eigenvalue weighted by molar-refractivity contribution is 0.102. The molecule has 0 aromatic carbocycles. The van der Waals surface area contributed by atoms with Crippen molar-refractivity contribution in [1.82, 2.24) is 15.3 Å². The Kier molecular flexibility index (Phi) is 4.73. The zero-order valence-electron chi connectivity index (χ0n) is 13.4. The molecule has 2 N–H and O–H groups in total. The van der Waals surface area contributed by atoms with Gasteiger partial charge in [0, 0.05) is 37.8 Å². The van der Waals surface area contributed by atoms with Crippen molar-refractivity contribution in [3.05, 3.63) is 46.9 Å². The second kappa shape index (κ2) is 7.30. The normalized spacial score (nSPS) is 14.5. The van der Waals surface area contributed by atoms with Crippen LogP contribution < -0.4 is 15.5 Å². The largest absolute Gasteiger partial charge is 0.352 e. The van der Waals surface area contributed by atoms with Crippen molar-refractivity contribution in [3.8, 4) is 9.88 Å². The number of piperazine rings is 1. The minimum atomic E-state index is -0.205. The molecule has 1 saturated heterocycles. The molecule has 0 unspecified atom stereocenters. The molecule has 0 aliphatic carbocycles. The fourth-order valence-corrected chi connectivity index (χ4v) is 4.32. The lowest BCUT2D eigenvalue weighted by Gasteiger charge is -2.29. The predicted molar refractivity (Wildman–Crippen MR) is 103 cm³/mol. The molecule has 0 atom stereocenters. The van der Waals surface area contributed by atoms with Gasteiger partial charge < -0.3 is 15.5 Å². The Balaban J connectivity index is 1.53. The monoisotopic (exact) mass is 371 g/mol. The van der Waals surface area contributed by atoms with Crippen LogP contribution in [0.3, 0.4) is 0 Å². The smallest absolute Gasteiger partial charge is 0.275 e. The Bertz CT molecular complexity index is 856.